The summed E-state index contributed by atoms with van der Waals surface area (Å²) in [5.74, 6) is -0.410. The third-order valence-corrected chi connectivity index (χ3v) is 3.68. The van der Waals surface area contributed by atoms with E-state index < -0.39 is 11.4 Å². The number of aromatic nitrogens is 2. The van der Waals surface area contributed by atoms with E-state index in [4.69, 9.17) is 4.18 Å². The maximum Gasteiger partial charge on any atom is 0.362 e. The van der Waals surface area contributed by atoms with Crippen LogP contribution in [0.5, 0.6) is 6.01 Å². The molecular formula is C15H17FN2O4S. The molecule has 1 aromatic carbocycles. The fourth-order valence-corrected chi connectivity index (χ4v) is 2.36. The number of aliphatic hydroxyl groups is 1. The SMILES string of the molecule is COS(=O)Oc1nc(-c2ccc(F)cc2)c(CO)c(C(C)C)n1. The molecule has 0 radical (unpaired) electrons. The number of halogens is 1. The standard InChI is InChI=1S/C15H17FN2O4S/c1-9(2)13-12(8-19)14(10-4-6-11(16)7-5-10)18-15(17-13)22-23(20)21-3/h4-7,9,19H,8H2,1-3H3. The summed E-state index contributed by atoms with van der Waals surface area (Å²) < 4.78 is 34.1. The first kappa shape index (κ1) is 17.5. The van der Waals surface area contributed by atoms with Gasteiger partial charge in [-0.25, -0.2) is 4.39 Å². The number of rotatable bonds is 6. The molecule has 8 heteroatoms. The van der Waals surface area contributed by atoms with Crippen molar-refractivity contribution >= 4 is 11.4 Å². The first-order chi connectivity index (χ1) is 11.0. The fraction of sp³-hybridized carbons (Fsp3) is 0.333. The summed E-state index contributed by atoms with van der Waals surface area (Å²) in [6, 6.07) is 5.53. The monoisotopic (exact) mass is 340 g/mol. The highest BCUT2D eigenvalue weighted by Crippen LogP contribution is 2.30. The molecule has 23 heavy (non-hydrogen) atoms. The van der Waals surface area contributed by atoms with Crippen LogP contribution in [-0.2, 0) is 22.2 Å². The van der Waals surface area contributed by atoms with Crippen molar-refractivity contribution in [3.63, 3.8) is 0 Å². The highest BCUT2D eigenvalue weighted by Gasteiger charge is 2.19. The molecule has 124 valence electrons. The first-order valence-electron chi connectivity index (χ1n) is 6.88. The van der Waals surface area contributed by atoms with Crippen molar-refractivity contribution in [1.29, 1.82) is 0 Å². The fourth-order valence-electron chi connectivity index (χ4n) is 2.09. The number of hydrogen-bond donors (Lipinski definition) is 1. The van der Waals surface area contributed by atoms with E-state index in [9.17, 15) is 13.7 Å². The van der Waals surface area contributed by atoms with Crippen LogP contribution >= 0.6 is 0 Å². The molecule has 0 fully saturated rings. The molecule has 1 aromatic heterocycles. The Kier molecular flexibility index (Phi) is 5.75. The molecule has 0 bridgehead atoms. The largest absolute Gasteiger partial charge is 0.392 e. The van der Waals surface area contributed by atoms with Crippen LogP contribution in [0.4, 0.5) is 4.39 Å². The van der Waals surface area contributed by atoms with Crippen molar-refractivity contribution < 1.29 is 22.1 Å². The number of hydrogen-bond acceptors (Lipinski definition) is 6. The lowest BCUT2D eigenvalue weighted by Crippen LogP contribution is -2.11. The summed E-state index contributed by atoms with van der Waals surface area (Å²) in [5, 5.41) is 9.70. The Bertz CT molecular complexity index is 707. The maximum absolute atomic E-state index is 13.1. The minimum absolute atomic E-state index is 0.0299. The van der Waals surface area contributed by atoms with Gasteiger partial charge in [-0.05, 0) is 30.2 Å². The zero-order chi connectivity index (χ0) is 17.0. The van der Waals surface area contributed by atoms with Gasteiger partial charge in [0.05, 0.1) is 25.1 Å². The molecule has 1 unspecified atom stereocenters. The Morgan fingerprint density at radius 3 is 2.43 bits per heavy atom. The molecule has 0 amide bonds. The molecule has 2 aromatic rings. The molecule has 0 saturated carbocycles. The Morgan fingerprint density at radius 1 is 1.26 bits per heavy atom. The van der Waals surface area contributed by atoms with Gasteiger partial charge in [-0.15, -0.1) is 0 Å². The van der Waals surface area contributed by atoms with Gasteiger partial charge >= 0.3 is 17.4 Å². The maximum atomic E-state index is 13.1. The van der Waals surface area contributed by atoms with Crippen molar-refractivity contribution in [3.05, 3.63) is 41.3 Å². The summed E-state index contributed by atoms with van der Waals surface area (Å²) in [4.78, 5) is 8.38. The second-order valence-corrected chi connectivity index (χ2v) is 5.90. The number of nitrogens with zero attached hydrogens (tertiary/aromatic N) is 2. The lowest BCUT2D eigenvalue weighted by molar-refractivity contribution is 0.279. The molecule has 0 spiro atoms. The van der Waals surface area contributed by atoms with E-state index in [1.165, 1.54) is 31.4 Å². The molecule has 1 atom stereocenters. The van der Waals surface area contributed by atoms with E-state index >= 15 is 0 Å². The lowest BCUT2D eigenvalue weighted by atomic mass is 9.99. The normalized spacial score (nSPS) is 12.4. The second-order valence-electron chi connectivity index (χ2n) is 4.99. The van der Waals surface area contributed by atoms with E-state index in [-0.39, 0.29) is 24.4 Å². The summed E-state index contributed by atoms with van der Waals surface area (Å²) in [5.41, 5.74) is 2.06. The van der Waals surface area contributed by atoms with Crippen molar-refractivity contribution in [3.8, 4) is 17.3 Å². The Hall–Kier alpha value is -1.90. The topological polar surface area (TPSA) is 81.5 Å². The zero-order valence-corrected chi connectivity index (χ0v) is 13.8. The van der Waals surface area contributed by atoms with Crippen LogP contribution in [0.15, 0.2) is 24.3 Å². The highest BCUT2D eigenvalue weighted by atomic mass is 32.2. The van der Waals surface area contributed by atoms with Gasteiger partial charge in [0.25, 0.3) is 0 Å². The average molecular weight is 340 g/mol. The molecule has 0 aliphatic heterocycles. The summed E-state index contributed by atoms with van der Waals surface area (Å²) in [6.07, 6.45) is 0. The summed E-state index contributed by atoms with van der Waals surface area (Å²) in [6.45, 7) is 3.51. The Morgan fingerprint density at radius 2 is 1.91 bits per heavy atom. The quantitative estimate of drug-likeness (QED) is 0.870. The lowest BCUT2D eigenvalue weighted by Gasteiger charge is -2.15. The van der Waals surface area contributed by atoms with Gasteiger partial charge in [-0.1, -0.05) is 13.8 Å². The van der Waals surface area contributed by atoms with Crippen molar-refractivity contribution in [2.24, 2.45) is 0 Å². The van der Waals surface area contributed by atoms with Crippen LogP contribution in [-0.4, -0.2) is 26.4 Å². The van der Waals surface area contributed by atoms with Gasteiger partial charge in [0, 0.05) is 11.1 Å². The van der Waals surface area contributed by atoms with Gasteiger partial charge in [-0.3, -0.25) is 4.18 Å². The predicted molar refractivity (Wildman–Crippen MR) is 83.2 cm³/mol. The van der Waals surface area contributed by atoms with Crippen LogP contribution in [0.1, 0.15) is 31.0 Å². The minimum Gasteiger partial charge on any atom is -0.392 e. The van der Waals surface area contributed by atoms with Crippen LogP contribution < -0.4 is 4.18 Å². The van der Waals surface area contributed by atoms with Gasteiger partial charge in [0.2, 0.25) is 0 Å². The smallest absolute Gasteiger partial charge is 0.362 e. The van der Waals surface area contributed by atoms with E-state index in [1.807, 2.05) is 13.8 Å². The molecular weight excluding hydrogens is 323 g/mol. The van der Waals surface area contributed by atoms with Crippen molar-refractivity contribution in [2.45, 2.75) is 26.4 Å². The molecule has 1 heterocycles. The molecule has 0 aliphatic rings. The number of aliphatic hydroxyl groups excluding tert-OH is 1. The molecule has 0 aliphatic carbocycles. The van der Waals surface area contributed by atoms with Gasteiger partial charge in [0.15, 0.2) is 0 Å². The molecule has 0 saturated heterocycles. The van der Waals surface area contributed by atoms with E-state index in [0.29, 0.717) is 22.5 Å². The van der Waals surface area contributed by atoms with Gasteiger partial charge in [0.1, 0.15) is 5.82 Å². The predicted octanol–water partition coefficient (Wildman–Crippen LogP) is 2.50. The Balaban J connectivity index is 2.61. The van der Waals surface area contributed by atoms with Gasteiger partial charge < -0.3 is 9.29 Å². The third kappa shape index (κ3) is 4.10. The highest BCUT2D eigenvalue weighted by molar-refractivity contribution is 7.75. The Labute approximate surface area is 136 Å². The van der Waals surface area contributed by atoms with E-state index in [1.54, 1.807) is 0 Å². The second kappa shape index (κ2) is 7.58. The van der Waals surface area contributed by atoms with Crippen LogP contribution in [0, 0.1) is 5.82 Å². The van der Waals surface area contributed by atoms with E-state index in [0.717, 1.165) is 0 Å². The molecule has 2 rings (SSSR count). The minimum atomic E-state index is -2.02. The van der Waals surface area contributed by atoms with E-state index in [2.05, 4.69) is 14.2 Å². The molecule has 1 N–H and O–H groups in total. The third-order valence-electron chi connectivity index (χ3n) is 3.12. The van der Waals surface area contributed by atoms with Crippen LogP contribution in [0.2, 0.25) is 0 Å². The summed E-state index contributed by atoms with van der Waals surface area (Å²) >= 11 is -2.02. The molecule has 6 nitrogen and oxygen atoms in total. The van der Waals surface area contributed by atoms with Crippen LogP contribution in [0.3, 0.4) is 0 Å². The van der Waals surface area contributed by atoms with Crippen molar-refractivity contribution in [2.75, 3.05) is 7.11 Å². The van der Waals surface area contributed by atoms with Gasteiger partial charge in [-0.2, -0.15) is 14.2 Å². The summed E-state index contributed by atoms with van der Waals surface area (Å²) in [7, 11) is 1.22. The number of benzene rings is 1. The van der Waals surface area contributed by atoms with Crippen molar-refractivity contribution in [1.82, 2.24) is 9.97 Å². The average Bonchev–Trinajstić information content (AvgIpc) is 2.54. The first-order valence-corrected chi connectivity index (χ1v) is 7.88. The zero-order valence-electron chi connectivity index (χ0n) is 12.9. The van der Waals surface area contributed by atoms with Crippen LogP contribution in [0.25, 0.3) is 11.3 Å².